The van der Waals surface area contributed by atoms with E-state index in [9.17, 15) is 14.7 Å². The minimum Gasteiger partial charge on any atom is -0.390 e. The molecule has 2 heterocycles. The standard InChI is InChI=1S/C12H21N3O3/c1-13(2)9-6-15(7-10(9)16)12(18)8-14-5-3-4-11(14)17/h9-10,16H,3-8H2,1-2H3/t9-,10-/m1/s1. The number of rotatable bonds is 3. The van der Waals surface area contributed by atoms with Crippen molar-refractivity contribution in [1.29, 1.82) is 0 Å². The van der Waals surface area contributed by atoms with Crippen LogP contribution < -0.4 is 0 Å². The molecule has 6 heteroatoms. The summed E-state index contributed by atoms with van der Waals surface area (Å²) in [6.45, 7) is 1.74. The molecule has 2 atom stereocenters. The fourth-order valence-corrected chi connectivity index (χ4v) is 2.62. The Hall–Kier alpha value is -1.14. The molecule has 2 rings (SSSR count). The van der Waals surface area contributed by atoms with E-state index in [2.05, 4.69) is 0 Å². The smallest absolute Gasteiger partial charge is 0.242 e. The lowest BCUT2D eigenvalue weighted by Gasteiger charge is -2.22. The third-order valence-electron chi connectivity index (χ3n) is 3.77. The molecule has 2 amide bonds. The molecule has 0 aromatic carbocycles. The maximum atomic E-state index is 12.1. The van der Waals surface area contributed by atoms with E-state index >= 15 is 0 Å². The maximum absolute atomic E-state index is 12.1. The Labute approximate surface area is 107 Å². The molecule has 0 aliphatic carbocycles. The minimum absolute atomic E-state index is 0.0109. The van der Waals surface area contributed by atoms with Crippen molar-refractivity contribution >= 4 is 11.8 Å². The summed E-state index contributed by atoms with van der Waals surface area (Å²) in [6.07, 6.45) is 0.892. The van der Waals surface area contributed by atoms with E-state index in [1.165, 1.54) is 0 Å². The summed E-state index contributed by atoms with van der Waals surface area (Å²) in [7, 11) is 3.79. The quantitative estimate of drug-likeness (QED) is 0.684. The van der Waals surface area contributed by atoms with Gasteiger partial charge in [-0.15, -0.1) is 0 Å². The molecule has 102 valence electrons. The van der Waals surface area contributed by atoms with Crippen LogP contribution in [0.25, 0.3) is 0 Å². The number of likely N-dealkylation sites (tertiary alicyclic amines) is 2. The molecule has 2 fully saturated rings. The zero-order valence-electron chi connectivity index (χ0n) is 11.0. The van der Waals surface area contributed by atoms with Gasteiger partial charge in [0.2, 0.25) is 11.8 Å². The van der Waals surface area contributed by atoms with Gasteiger partial charge in [0.25, 0.3) is 0 Å². The Morgan fingerprint density at radius 3 is 2.67 bits per heavy atom. The third-order valence-corrected chi connectivity index (χ3v) is 3.77. The summed E-state index contributed by atoms with van der Waals surface area (Å²) in [5.41, 5.74) is 0. The summed E-state index contributed by atoms with van der Waals surface area (Å²) >= 11 is 0. The Balaban J connectivity index is 1.89. The summed E-state index contributed by atoms with van der Waals surface area (Å²) in [4.78, 5) is 28.7. The van der Waals surface area contributed by atoms with Gasteiger partial charge in [0, 0.05) is 26.1 Å². The predicted octanol–water partition coefficient (Wildman–Crippen LogP) is -1.26. The molecule has 0 unspecified atom stereocenters. The normalized spacial score (nSPS) is 28.6. The highest BCUT2D eigenvalue weighted by Gasteiger charge is 2.36. The van der Waals surface area contributed by atoms with Gasteiger partial charge in [0.15, 0.2) is 0 Å². The highest BCUT2D eigenvalue weighted by molar-refractivity contribution is 5.86. The number of nitrogens with zero attached hydrogens (tertiary/aromatic N) is 3. The van der Waals surface area contributed by atoms with Crippen LogP contribution in [-0.2, 0) is 9.59 Å². The number of amides is 2. The first kappa shape index (κ1) is 13.3. The molecule has 0 bridgehead atoms. The topological polar surface area (TPSA) is 64.1 Å². The second kappa shape index (κ2) is 5.24. The molecule has 0 spiro atoms. The van der Waals surface area contributed by atoms with E-state index in [1.807, 2.05) is 19.0 Å². The molecular weight excluding hydrogens is 234 g/mol. The van der Waals surface area contributed by atoms with E-state index in [-0.39, 0.29) is 24.4 Å². The van der Waals surface area contributed by atoms with Crippen molar-refractivity contribution in [2.75, 3.05) is 40.3 Å². The number of β-amino-alcohol motifs (C(OH)–C–C–N with tert-alkyl or cyclic N) is 1. The van der Waals surface area contributed by atoms with Gasteiger partial charge in [0.1, 0.15) is 0 Å². The molecular formula is C12H21N3O3. The van der Waals surface area contributed by atoms with Crippen LogP contribution >= 0.6 is 0 Å². The van der Waals surface area contributed by atoms with Gasteiger partial charge in [-0.05, 0) is 20.5 Å². The molecule has 2 saturated heterocycles. The van der Waals surface area contributed by atoms with Gasteiger partial charge in [0.05, 0.1) is 18.7 Å². The second-order valence-corrected chi connectivity index (χ2v) is 5.32. The lowest BCUT2D eigenvalue weighted by Crippen LogP contribution is -2.41. The van der Waals surface area contributed by atoms with Gasteiger partial charge in [-0.1, -0.05) is 0 Å². The zero-order chi connectivity index (χ0) is 13.3. The second-order valence-electron chi connectivity index (χ2n) is 5.32. The summed E-state index contributed by atoms with van der Waals surface area (Å²) < 4.78 is 0. The van der Waals surface area contributed by atoms with Gasteiger partial charge < -0.3 is 19.8 Å². The van der Waals surface area contributed by atoms with Gasteiger partial charge in [-0.25, -0.2) is 0 Å². The number of hydrogen-bond donors (Lipinski definition) is 1. The largest absolute Gasteiger partial charge is 0.390 e. The molecule has 0 aromatic rings. The molecule has 2 aliphatic rings. The van der Waals surface area contributed by atoms with Crippen LogP contribution in [0.1, 0.15) is 12.8 Å². The van der Waals surface area contributed by atoms with Gasteiger partial charge in [-0.3, -0.25) is 9.59 Å². The Morgan fingerprint density at radius 2 is 2.17 bits per heavy atom. The molecule has 6 nitrogen and oxygen atoms in total. The molecule has 1 N–H and O–H groups in total. The van der Waals surface area contributed by atoms with E-state index in [0.29, 0.717) is 26.1 Å². The number of aliphatic hydroxyl groups excluding tert-OH is 1. The van der Waals surface area contributed by atoms with Crippen LogP contribution in [0, 0.1) is 0 Å². The first-order valence-electron chi connectivity index (χ1n) is 6.39. The lowest BCUT2D eigenvalue weighted by atomic mass is 10.2. The first-order valence-corrected chi connectivity index (χ1v) is 6.39. The molecule has 0 saturated carbocycles. The number of likely N-dealkylation sites (N-methyl/N-ethyl adjacent to an activating group) is 1. The van der Waals surface area contributed by atoms with Crippen LogP contribution in [0.5, 0.6) is 0 Å². The van der Waals surface area contributed by atoms with E-state index in [0.717, 1.165) is 6.42 Å². The van der Waals surface area contributed by atoms with Crippen LogP contribution in [0.4, 0.5) is 0 Å². The van der Waals surface area contributed by atoms with Crippen molar-refractivity contribution in [1.82, 2.24) is 14.7 Å². The van der Waals surface area contributed by atoms with Crippen molar-refractivity contribution in [3.8, 4) is 0 Å². The van der Waals surface area contributed by atoms with Crippen molar-refractivity contribution in [2.24, 2.45) is 0 Å². The summed E-state index contributed by atoms with van der Waals surface area (Å²) in [6, 6.07) is -0.0109. The molecule has 0 aromatic heterocycles. The summed E-state index contributed by atoms with van der Waals surface area (Å²) in [5.74, 6) is 0.000838. The lowest BCUT2D eigenvalue weighted by molar-refractivity contribution is -0.137. The van der Waals surface area contributed by atoms with Gasteiger partial charge in [-0.2, -0.15) is 0 Å². The minimum atomic E-state index is -0.502. The Kier molecular flexibility index (Phi) is 3.87. The van der Waals surface area contributed by atoms with Crippen LogP contribution in [-0.4, -0.2) is 84.0 Å². The Morgan fingerprint density at radius 1 is 1.44 bits per heavy atom. The van der Waals surface area contributed by atoms with Crippen molar-refractivity contribution < 1.29 is 14.7 Å². The maximum Gasteiger partial charge on any atom is 0.242 e. The van der Waals surface area contributed by atoms with Gasteiger partial charge >= 0.3 is 0 Å². The summed E-state index contributed by atoms with van der Waals surface area (Å²) in [5, 5.41) is 9.88. The highest BCUT2D eigenvalue weighted by Crippen LogP contribution is 2.16. The van der Waals surface area contributed by atoms with Crippen molar-refractivity contribution in [3.05, 3.63) is 0 Å². The van der Waals surface area contributed by atoms with E-state index in [1.54, 1.807) is 9.80 Å². The Bertz CT molecular complexity index is 345. The molecule has 2 aliphatic heterocycles. The third kappa shape index (κ3) is 2.64. The highest BCUT2D eigenvalue weighted by atomic mass is 16.3. The average Bonchev–Trinajstić information content (AvgIpc) is 2.86. The van der Waals surface area contributed by atoms with Crippen LogP contribution in [0.3, 0.4) is 0 Å². The van der Waals surface area contributed by atoms with Crippen LogP contribution in [0.2, 0.25) is 0 Å². The van der Waals surface area contributed by atoms with Crippen molar-refractivity contribution in [3.63, 3.8) is 0 Å². The number of carbonyl (C=O) groups excluding carboxylic acids is 2. The SMILES string of the molecule is CN(C)[C@@H]1CN(C(=O)CN2CCCC2=O)C[C@H]1O. The van der Waals surface area contributed by atoms with Crippen LogP contribution in [0.15, 0.2) is 0 Å². The number of hydrogen-bond acceptors (Lipinski definition) is 4. The fraction of sp³-hybridized carbons (Fsp3) is 0.833. The van der Waals surface area contributed by atoms with E-state index < -0.39 is 6.10 Å². The zero-order valence-corrected chi connectivity index (χ0v) is 11.0. The monoisotopic (exact) mass is 255 g/mol. The molecule has 18 heavy (non-hydrogen) atoms. The number of carbonyl (C=O) groups is 2. The first-order chi connectivity index (χ1) is 8.49. The predicted molar refractivity (Wildman–Crippen MR) is 65.9 cm³/mol. The molecule has 0 radical (unpaired) electrons. The van der Waals surface area contributed by atoms with Crippen molar-refractivity contribution in [2.45, 2.75) is 25.0 Å². The average molecular weight is 255 g/mol. The number of aliphatic hydroxyl groups is 1. The fourth-order valence-electron chi connectivity index (χ4n) is 2.62. The van der Waals surface area contributed by atoms with E-state index in [4.69, 9.17) is 0 Å².